The van der Waals surface area contributed by atoms with Crippen molar-refractivity contribution in [3.05, 3.63) is 0 Å². The van der Waals surface area contributed by atoms with Gasteiger partial charge >= 0.3 is 14.2 Å². The standard InChI is InChI=1S/C17H33BO3S.C12H24BNO2.C10H19NOS.C6H10O.C4H11NOS.4C2H6O.Ti/c1-14(2,3)22(19)13-17(11-9-8-10-12-17)18-20-15(4,5)16(6,7)21-18;1-10(2)11(3,4)16-13(15-10)12(14)8-6-5-7-9-12;1-10(2,3)13(12)11-9-7-5-4-6-8-9;7-6-4-2-1-3-5-6;1-4(2,3)7(5)6;4*1-2-3;/h8-13H2,1-7H3;5-9,14H2,1-4H3;4-8H2,1-3H3;1-5H2;5H2,1-3H3;4*3H,2H2,1H3;. The van der Waals surface area contributed by atoms with Gasteiger partial charge in [-0.1, -0.05) is 51.4 Å². The van der Waals surface area contributed by atoms with Crippen molar-refractivity contribution in [3.63, 3.8) is 0 Å². The van der Waals surface area contributed by atoms with Crippen LogP contribution in [0.3, 0.4) is 0 Å². The van der Waals surface area contributed by atoms with E-state index in [9.17, 15) is 17.4 Å². The first kappa shape index (κ1) is 84.7. The molecule has 0 aromatic rings. The molecule has 3 unspecified atom stereocenters. The molecule has 0 aromatic heterocycles. The zero-order chi connectivity index (χ0) is 60.8. The van der Waals surface area contributed by atoms with Gasteiger partial charge in [0.05, 0.1) is 48.3 Å². The number of hydrogen-bond donors (Lipinski definition) is 6. The fraction of sp³-hybridized carbons (Fsp3) is 0.965. The Morgan fingerprint density at radius 3 is 1.05 bits per heavy atom. The van der Waals surface area contributed by atoms with Crippen molar-refractivity contribution in [2.75, 3.05) is 32.2 Å². The number of ketones is 1. The summed E-state index contributed by atoms with van der Waals surface area (Å²) in [5, 5.41) is 35.2. The molecule has 464 valence electrons. The zero-order valence-corrected chi connectivity index (χ0v) is 57.7. The van der Waals surface area contributed by atoms with E-state index in [0.717, 1.165) is 64.2 Å². The molecule has 2 saturated heterocycles. The van der Waals surface area contributed by atoms with Gasteiger partial charge in [-0.05, 0) is 210 Å². The fourth-order valence-electron chi connectivity index (χ4n) is 8.05. The Kier molecular flexibility index (Phi) is 44.0. The molecule has 0 aromatic carbocycles. The molecular formula is C57H121B2N3O12S3Ti. The summed E-state index contributed by atoms with van der Waals surface area (Å²) in [7, 11) is -3.58. The monoisotopic (exact) mass is 1210 g/mol. The number of aliphatic hydroxyl groups excluding tert-OH is 4. The van der Waals surface area contributed by atoms with E-state index in [-0.39, 0.29) is 110 Å². The van der Waals surface area contributed by atoms with Crippen molar-refractivity contribution in [2.24, 2.45) is 15.3 Å². The number of nitrogens with zero attached hydrogens (tertiary/aromatic N) is 1. The molecular weight excluding hydrogens is 1080 g/mol. The predicted octanol–water partition coefficient (Wildman–Crippen LogP) is 11.4. The van der Waals surface area contributed by atoms with Gasteiger partial charge < -0.3 is 44.8 Å². The van der Waals surface area contributed by atoms with Gasteiger partial charge in [-0.2, -0.15) is 4.40 Å². The number of hydrogen-bond acceptors (Lipinski definition) is 13. The minimum Gasteiger partial charge on any atom is -0.403 e. The number of nitrogens with two attached hydrogens (primary N) is 2. The second kappa shape index (κ2) is 40.5. The summed E-state index contributed by atoms with van der Waals surface area (Å²) >= 11 is 0. The second-order valence-corrected chi connectivity index (χ2v) is 31.8. The van der Waals surface area contributed by atoms with Crippen molar-refractivity contribution in [3.8, 4) is 0 Å². The molecule has 6 aliphatic rings. The molecule has 6 fully saturated rings. The van der Waals surface area contributed by atoms with E-state index >= 15 is 0 Å². The molecule has 4 aliphatic carbocycles. The average molecular weight is 1210 g/mol. The van der Waals surface area contributed by atoms with E-state index in [4.69, 9.17) is 49.9 Å². The van der Waals surface area contributed by atoms with Crippen molar-refractivity contribution in [2.45, 2.75) is 321 Å². The third-order valence-electron chi connectivity index (χ3n) is 14.4. The van der Waals surface area contributed by atoms with Crippen LogP contribution in [0.25, 0.3) is 0 Å². The van der Waals surface area contributed by atoms with E-state index in [1.54, 1.807) is 27.7 Å². The maximum absolute atomic E-state index is 12.8. The smallest absolute Gasteiger partial charge is 0.403 e. The molecule has 21 heteroatoms. The molecule has 3 atom stereocenters. The van der Waals surface area contributed by atoms with E-state index in [1.165, 1.54) is 69.9 Å². The maximum atomic E-state index is 12.8. The third kappa shape index (κ3) is 33.7. The Balaban J connectivity index is -0.000000435. The molecule has 0 bridgehead atoms. The second-order valence-electron chi connectivity index (χ2n) is 25.8. The molecule has 8 N–H and O–H groups in total. The SMILES string of the molecule is CC(C)(C)S(=O)CC1(B2OC(C)(C)C(C)(C)O2)CCCCC1.CC(C)(C)S(=O)N=C1CCCCC1.CC(C)(C)S(N)=O.CC1(C)OB(C2(N)CCCCC2)OC1(C)C.CCO.CCO.CCO.CCO.O=C1CCCCC1.[Ti]. The molecule has 4 saturated carbocycles. The number of aliphatic hydroxyl groups is 4. The van der Waals surface area contributed by atoms with Crippen LogP contribution in [0.5, 0.6) is 0 Å². The van der Waals surface area contributed by atoms with Crippen LogP contribution in [0.1, 0.15) is 274 Å². The van der Waals surface area contributed by atoms with Crippen LogP contribution in [-0.4, -0.2) is 133 Å². The minimum absolute atomic E-state index is 0. The maximum Gasteiger partial charge on any atom is 0.479 e. The average Bonchev–Trinajstić information content (AvgIpc) is 3.68. The van der Waals surface area contributed by atoms with Gasteiger partial charge in [0.1, 0.15) is 16.8 Å². The Hall–Kier alpha value is 0.234. The first-order valence-electron chi connectivity index (χ1n) is 29.1. The Bertz CT molecular complexity index is 1640. The molecule has 0 radical (unpaired) electrons. The molecule has 2 aliphatic heterocycles. The van der Waals surface area contributed by atoms with Gasteiger partial charge in [0.15, 0.2) is 0 Å². The summed E-state index contributed by atoms with van der Waals surface area (Å²) in [5.41, 5.74) is 6.20. The van der Waals surface area contributed by atoms with E-state index in [2.05, 4.69) is 80.6 Å². The van der Waals surface area contributed by atoms with Crippen LogP contribution in [-0.2, 0) is 77.9 Å². The van der Waals surface area contributed by atoms with Crippen molar-refractivity contribution < 1.29 is 78.2 Å². The molecule has 0 spiro atoms. The van der Waals surface area contributed by atoms with Crippen LogP contribution < -0.4 is 10.9 Å². The third-order valence-corrected chi connectivity index (χ3v) is 19.3. The first-order chi connectivity index (χ1) is 35.2. The van der Waals surface area contributed by atoms with Gasteiger partial charge in [0, 0.05) is 93.3 Å². The first-order valence-corrected chi connectivity index (χ1v) is 32.8. The normalized spacial score (nSPS) is 22.6. The van der Waals surface area contributed by atoms with Gasteiger partial charge in [0.2, 0.25) is 0 Å². The van der Waals surface area contributed by atoms with E-state index < -0.39 is 32.8 Å². The molecule has 6 rings (SSSR count). The van der Waals surface area contributed by atoms with Gasteiger partial charge in [0.25, 0.3) is 0 Å². The minimum atomic E-state index is -1.18. The predicted molar refractivity (Wildman–Crippen MR) is 330 cm³/mol. The number of rotatable bonds is 5. The summed E-state index contributed by atoms with van der Waals surface area (Å²) in [5.74, 6) is 1.15. The fourth-order valence-corrected chi connectivity index (χ4v) is 10.1. The van der Waals surface area contributed by atoms with Crippen LogP contribution in [0, 0.1) is 0 Å². The number of carbonyl (C=O) groups is 1. The summed E-state index contributed by atoms with van der Waals surface area (Å²) < 4.78 is 63.3. The molecule has 0 amide bonds. The zero-order valence-electron chi connectivity index (χ0n) is 53.7. The Morgan fingerprint density at radius 1 is 0.500 bits per heavy atom. The molecule has 78 heavy (non-hydrogen) atoms. The number of Topliss-reactive ketones (excluding diaryl/α,β-unsaturated/α-hetero) is 1. The van der Waals surface area contributed by atoms with E-state index in [0.29, 0.717) is 11.5 Å². The van der Waals surface area contributed by atoms with Crippen molar-refractivity contribution >= 4 is 58.5 Å². The van der Waals surface area contributed by atoms with Crippen LogP contribution in [0.4, 0.5) is 0 Å². The van der Waals surface area contributed by atoms with Gasteiger partial charge in [-0.3, -0.25) is 14.1 Å². The largest absolute Gasteiger partial charge is 0.479 e. The van der Waals surface area contributed by atoms with Gasteiger partial charge in [-0.15, -0.1) is 0 Å². The van der Waals surface area contributed by atoms with Crippen LogP contribution in [0.15, 0.2) is 4.40 Å². The van der Waals surface area contributed by atoms with E-state index in [1.807, 2.05) is 41.5 Å². The van der Waals surface area contributed by atoms with Crippen molar-refractivity contribution in [1.82, 2.24) is 0 Å². The van der Waals surface area contributed by atoms with Crippen LogP contribution >= 0.6 is 0 Å². The Labute approximate surface area is 502 Å². The summed E-state index contributed by atoms with van der Waals surface area (Å²) in [4.78, 5) is 10.5. The summed E-state index contributed by atoms with van der Waals surface area (Å²) in [6.45, 7) is 42.1. The summed E-state index contributed by atoms with van der Waals surface area (Å²) in [6.07, 6.45) is 22.6. The van der Waals surface area contributed by atoms with Gasteiger partial charge in [-0.25, -0.2) is 8.42 Å². The topological polar surface area (TPSA) is 251 Å². The van der Waals surface area contributed by atoms with Crippen LogP contribution in [0.2, 0.25) is 5.31 Å². The molecule has 15 nitrogen and oxygen atoms in total. The summed E-state index contributed by atoms with van der Waals surface area (Å²) in [6, 6.07) is 0. The molecule has 2 heterocycles. The Morgan fingerprint density at radius 2 is 0.782 bits per heavy atom. The number of carbonyl (C=O) groups excluding carboxylic acids is 1. The van der Waals surface area contributed by atoms with Crippen molar-refractivity contribution in [1.29, 1.82) is 0 Å². The quantitative estimate of drug-likeness (QED) is 0.140.